The van der Waals surface area contributed by atoms with Crippen LogP contribution < -0.4 is 22.1 Å². The topological polar surface area (TPSA) is 123 Å². The first-order valence-electron chi connectivity index (χ1n) is 7.49. The van der Waals surface area contributed by atoms with Gasteiger partial charge in [-0.2, -0.15) is 4.99 Å². The lowest BCUT2D eigenvalue weighted by atomic mass is 10.0. The number of rotatable bonds is 6. The Morgan fingerprint density at radius 1 is 1.12 bits per heavy atom. The van der Waals surface area contributed by atoms with Gasteiger partial charge in [0.05, 0.1) is 4.34 Å². The minimum absolute atomic E-state index is 0.160. The third-order valence-corrected chi connectivity index (χ3v) is 4.79. The molecule has 0 atom stereocenters. The first-order chi connectivity index (χ1) is 12.3. The number of amides is 2. The molecule has 0 radical (unpaired) electrons. The maximum Gasteiger partial charge on any atom is 0.280 e. The van der Waals surface area contributed by atoms with Gasteiger partial charge in [0, 0.05) is 29.8 Å². The van der Waals surface area contributed by atoms with Gasteiger partial charge in [-0.25, -0.2) is 0 Å². The quantitative estimate of drug-likeness (QED) is 0.328. The Morgan fingerprint density at radius 3 is 2.38 bits per heavy atom. The first kappa shape index (κ1) is 20.2. The fourth-order valence-electron chi connectivity index (χ4n) is 2.16. The number of halogens is 2. The van der Waals surface area contributed by atoms with Gasteiger partial charge in [0.2, 0.25) is 0 Å². The third-order valence-electron chi connectivity index (χ3n) is 3.30. The van der Waals surface area contributed by atoms with E-state index in [1.807, 2.05) is 0 Å². The molecule has 0 aliphatic heterocycles. The summed E-state index contributed by atoms with van der Waals surface area (Å²) in [6.45, 7) is 1.04. The van der Waals surface area contributed by atoms with Crippen molar-refractivity contribution in [3.63, 3.8) is 0 Å². The van der Waals surface area contributed by atoms with E-state index in [1.54, 1.807) is 25.2 Å². The van der Waals surface area contributed by atoms with Crippen LogP contribution in [0.4, 0.5) is 0 Å². The Labute approximate surface area is 164 Å². The highest BCUT2D eigenvalue weighted by molar-refractivity contribution is 7.20. The van der Waals surface area contributed by atoms with Crippen LogP contribution in [-0.4, -0.2) is 37.9 Å². The molecule has 1 heterocycles. The zero-order chi connectivity index (χ0) is 19.3. The molecular weight excluding hydrogens is 397 g/mol. The second-order valence-corrected chi connectivity index (χ2v) is 7.52. The number of guanidine groups is 1. The summed E-state index contributed by atoms with van der Waals surface area (Å²) in [6.07, 6.45) is 0. The Hall–Kier alpha value is -2.13. The lowest BCUT2D eigenvalue weighted by molar-refractivity contribution is 0.0954. The number of nitrogens with zero attached hydrogens (tertiary/aromatic N) is 1. The zero-order valence-electron chi connectivity index (χ0n) is 13.8. The number of nitrogens with one attached hydrogen (secondary N) is 2. The van der Waals surface area contributed by atoms with E-state index in [2.05, 4.69) is 15.6 Å². The molecule has 2 aromatic rings. The van der Waals surface area contributed by atoms with Gasteiger partial charge < -0.3 is 22.1 Å². The van der Waals surface area contributed by atoms with Crippen LogP contribution >= 0.6 is 34.5 Å². The summed E-state index contributed by atoms with van der Waals surface area (Å²) in [5, 5.41) is 5.68. The highest BCUT2D eigenvalue weighted by Crippen LogP contribution is 2.38. The smallest absolute Gasteiger partial charge is 0.280 e. The van der Waals surface area contributed by atoms with Crippen molar-refractivity contribution in [3.05, 3.63) is 44.1 Å². The van der Waals surface area contributed by atoms with E-state index in [0.29, 0.717) is 32.9 Å². The summed E-state index contributed by atoms with van der Waals surface area (Å²) in [4.78, 5) is 28.1. The van der Waals surface area contributed by atoms with Crippen LogP contribution in [0.1, 0.15) is 20.7 Å². The number of hydrogen-bond acceptors (Lipinski definition) is 4. The van der Waals surface area contributed by atoms with Gasteiger partial charge in [0.15, 0.2) is 5.96 Å². The van der Waals surface area contributed by atoms with Crippen molar-refractivity contribution in [2.75, 3.05) is 20.1 Å². The fourth-order valence-corrected chi connectivity index (χ4v) is 3.67. The van der Waals surface area contributed by atoms with Gasteiger partial charge >= 0.3 is 0 Å². The van der Waals surface area contributed by atoms with Crippen LogP contribution in [-0.2, 0) is 0 Å². The van der Waals surface area contributed by atoms with Crippen molar-refractivity contribution in [3.8, 4) is 11.1 Å². The summed E-state index contributed by atoms with van der Waals surface area (Å²) >= 11 is 13.4. The molecule has 2 rings (SSSR count). The highest BCUT2D eigenvalue weighted by atomic mass is 35.5. The number of carbonyl (C=O) groups is 2. The number of aliphatic imine (C=N–C) groups is 1. The van der Waals surface area contributed by atoms with E-state index in [0.717, 1.165) is 0 Å². The van der Waals surface area contributed by atoms with E-state index >= 15 is 0 Å². The molecule has 7 nitrogen and oxygen atoms in total. The van der Waals surface area contributed by atoms with E-state index < -0.39 is 5.91 Å². The number of nitrogens with two attached hydrogens (primary N) is 2. The van der Waals surface area contributed by atoms with Crippen LogP contribution in [0.15, 0.2) is 29.3 Å². The molecule has 26 heavy (non-hydrogen) atoms. The van der Waals surface area contributed by atoms with Gasteiger partial charge in [-0.05, 0) is 36.9 Å². The predicted octanol–water partition coefficient (Wildman–Crippen LogP) is 2.08. The van der Waals surface area contributed by atoms with Crippen molar-refractivity contribution in [1.29, 1.82) is 0 Å². The molecule has 10 heteroatoms. The Morgan fingerprint density at radius 2 is 1.81 bits per heavy atom. The summed E-state index contributed by atoms with van der Waals surface area (Å²) in [7, 11) is 1.78. The molecule has 0 bridgehead atoms. The molecule has 6 N–H and O–H groups in total. The number of likely N-dealkylation sites (N-methyl/N-ethyl adjacent to an activating group) is 1. The number of benzene rings is 1. The van der Waals surface area contributed by atoms with Gasteiger partial charge in [-0.1, -0.05) is 23.2 Å². The fraction of sp³-hybridized carbons (Fsp3) is 0.188. The molecule has 0 saturated carbocycles. The third kappa shape index (κ3) is 5.18. The van der Waals surface area contributed by atoms with Crippen molar-refractivity contribution >= 4 is 52.3 Å². The maximum atomic E-state index is 12.4. The largest absolute Gasteiger partial charge is 0.370 e. The van der Waals surface area contributed by atoms with E-state index in [-0.39, 0.29) is 23.0 Å². The standard InChI is InChI=1S/C16H17Cl2N5O2S/c1-21-2-3-22-14(24)9-4-8(11-7-12(17)26-13(11)18)5-10(6-9)15(25)23-16(19)20/h4-7,21H,2-3H2,1H3,(H,22,24)(H4,19,20,23,25). The molecule has 0 saturated heterocycles. The summed E-state index contributed by atoms with van der Waals surface area (Å²) < 4.78 is 0.939. The molecule has 1 aromatic carbocycles. The average Bonchev–Trinajstić information content (AvgIpc) is 2.92. The van der Waals surface area contributed by atoms with Crippen molar-refractivity contribution in [1.82, 2.24) is 10.6 Å². The Balaban J connectivity index is 2.49. The molecule has 1 aromatic heterocycles. The second-order valence-electron chi connectivity index (χ2n) is 5.24. The maximum absolute atomic E-state index is 12.4. The Kier molecular flexibility index (Phi) is 6.98. The SMILES string of the molecule is CNCCNC(=O)c1cc(C(=O)N=C(N)N)cc(-c2cc(Cl)sc2Cl)c1. The molecular formula is C16H17Cl2N5O2S. The second kappa shape index (κ2) is 9.00. The van der Waals surface area contributed by atoms with Crippen molar-refractivity contribution < 1.29 is 9.59 Å². The minimum Gasteiger partial charge on any atom is -0.370 e. The lowest BCUT2D eigenvalue weighted by Gasteiger charge is -2.09. The van der Waals surface area contributed by atoms with E-state index in [9.17, 15) is 9.59 Å². The highest BCUT2D eigenvalue weighted by Gasteiger charge is 2.16. The molecule has 0 aliphatic rings. The zero-order valence-corrected chi connectivity index (χ0v) is 16.1. The molecule has 0 unspecified atom stereocenters. The van der Waals surface area contributed by atoms with Crippen LogP contribution in [0, 0.1) is 0 Å². The number of hydrogen-bond donors (Lipinski definition) is 4. The molecule has 0 fully saturated rings. The average molecular weight is 414 g/mol. The molecule has 138 valence electrons. The van der Waals surface area contributed by atoms with E-state index in [4.69, 9.17) is 34.7 Å². The molecule has 0 spiro atoms. The summed E-state index contributed by atoms with van der Waals surface area (Å²) in [6, 6.07) is 6.28. The van der Waals surface area contributed by atoms with Crippen molar-refractivity contribution in [2.45, 2.75) is 0 Å². The van der Waals surface area contributed by atoms with Gasteiger partial charge in [-0.15, -0.1) is 11.3 Å². The van der Waals surface area contributed by atoms with Gasteiger partial charge in [0.1, 0.15) is 4.34 Å². The van der Waals surface area contributed by atoms with Crippen LogP contribution in [0.5, 0.6) is 0 Å². The van der Waals surface area contributed by atoms with Gasteiger partial charge in [-0.3, -0.25) is 9.59 Å². The lowest BCUT2D eigenvalue weighted by Crippen LogP contribution is -2.30. The molecule has 0 aliphatic carbocycles. The summed E-state index contributed by atoms with van der Waals surface area (Å²) in [5.74, 6) is -1.36. The van der Waals surface area contributed by atoms with Crippen LogP contribution in [0.25, 0.3) is 11.1 Å². The van der Waals surface area contributed by atoms with Gasteiger partial charge in [0.25, 0.3) is 11.8 Å². The van der Waals surface area contributed by atoms with Crippen LogP contribution in [0.3, 0.4) is 0 Å². The van der Waals surface area contributed by atoms with E-state index in [1.165, 1.54) is 17.4 Å². The Bertz CT molecular complexity index is 862. The molecule has 2 amide bonds. The monoisotopic (exact) mass is 413 g/mol. The van der Waals surface area contributed by atoms with Crippen molar-refractivity contribution in [2.24, 2.45) is 16.5 Å². The first-order valence-corrected chi connectivity index (χ1v) is 9.06. The number of carbonyl (C=O) groups excluding carboxylic acids is 2. The normalized spacial score (nSPS) is 10.4. The number of thiophene rings is 1. The predicted molar refractivity (Wildman–Crippen MR) is 106 cm³/mol. The summed E-state index contributed by atoms with van der Waals surface area (Å²) in [5.41, 5.74) is 12.2. The minimum atomic E-state index is -0.659. The van der Waals surface area contributed by atoms with Crippen LogP contribution in [0.2, 0.25) is 8.67 Å².